The molecule has 3 rings (SSSR count). The van der Waals surface area contributed by atoms with E-state index in [2.05, 4.69) is 29.4 Å². The summed E-state index contributed by atoms with van der Waals surface area (Å²) in [6.45, 7) is 7.92. The van der Waals surface area contributed by atoms with Crippen molar-refractivity contribution in [1.29, 1.82) is 0 Å². The fraction of sp³-hybridized carbons (Fsp3) is 0.348. The summed E-state index contributed by atoms with van der Waals surface area (Å²) in [5.74, 6) is 5.83. The molecule has 0 aliphatic carbocycles. The van der Waals surface area contributed by atoms with Crippen molar-refractivity contribution < 1.29 is 18.3 Å². The van der Waals surface area contributed by atoms with E-state index in [4.69, 9.17) is 10.6 Å². The summed E-state index contributed by atoms with van der Waals surface area (Å²) in [5.41, 5.74) is 2.37. The van der Waals surface area contributed by atoms with Crippen molar-refractivity contribution in [3.05, 3.63) is 70.5 Å². The lowest BCUT2D eigenvalue weighted by atomic mass is 10.0. The fourth-order valence-corrected chi connectivity index (χ4v) is 3.92. The predicted octanol–water partition coefficient (Wildman–Crippen LogP) is 4.25. The van der Waals surface area contributed by atoms with Crippen molar-refractivity contribution in [2.45, 2.75) is 51.4 Å². The molecular weight excluding hydrogens is 448 g/mol. The summed E-state index contributed by atoms with van der Waals surface area (Å²) >= 11 is 1.09. The van der Waals surface area contributed by atoms with Crippen LogP contribution >= 0.6 is 11.8 Å². The van der Waals surface area contributed by atoms with Gasteiger partial charge in [-0.15, -0.1) is 10.2 Å². The molecule has 33 heavy (non-hydrogen) atoms. The average molecular weight is 476 g/mol. The first kappa shape index (κ1) is 24.5. The number of hydrogen-bond donors (Lipinski definition) is 2. The zero-order valence-corrected chi connectivity index (χ0v) is 19.7. The minimum Gasteiger partial charge on any atom is -0.485 e. The van der Waals surface area contributed by atoms with Gasteiger partial charge in [0.15, 0.2) is 5.82 Å². The molecule has 3 N–H and O–H groups in total. The van der Waals surface area contributed by atoms with E-state index in [0.717, 1.165) is 40.8 Å². The van der Waals surface area contributed by atoms with Gasteiger partial charge in [0.1, 0.15) is 24.0 Å². The van der Waals surface area contributed by atoms with Gasteiger partial charge in [-0.2, -0.15) is 0 Å². The Labute approximate surface area is 195 Å². The highest BCUT2D eigenvalue weighted by atomic mass is 32.2. The highest BCUT2D eigenvalue weighted by Gasteiger charge is 2.17. The second-order valence-electron chi connectivity index (χ2n) is 8.00. The maximum absolute atomic E-state index is 13.9. The van der Waals surface area contributed by atoms with Gasteiger partial charge in [-0.1, -0.05) is 43.8 Å². The Morgan fingerprint density at radius 3 is 2.58 bits per heavy atom. The van der Waals surface area contributed by atoms with Gasteiger partial charge >= 0.3 is 0 Å². The lowest BCUT2D eigenvalue weighted by Gasteiger charge is -2.15. The average Bonchev–Trinajstić information content (AvgIpc) is 3.09. The van der Waals surface area contributed by atoms with Crippen LogP contribution in [0.3, 0.4) is 0 Å². The summed E-state index contributed by atoms with van der Waals surface area (Å²) in [6.07, 6.45) is 0. The molecule has 1 aromatic heterocycles. The molecule has 0 radical (unpaired) electrons. The number of rotatable bonds is 9. The van der Waals surface area contributed by atoms with Crippen LogP contribution in [0, 0.1) is 18.6 Å². The van der Waals surface area contributed by atoms with Crippen LogP contribution in [0.4, 0.5) is 8.78 Å². The summed E-state index contributed by atoms with van der Waals surface area (Å²) in [4.78, 5) is 12.3. The number of amides is 1. The van der Waals surface area contributed by atoms with Crippen LogP contribution in [0.25, 0.3) is 0 Å². The number of carbonyl (C=O) groups excluding carboxylic acids is 1. The molecule has 1 amide bonds. The van der Waals surface area contributed by atoms with Crippen LogP contribution in [0.15, 0.2) is 41.6 Å². The first-order chi connectivity index (χ1) is 15.7. The van der Waals surface area contributed by atoms with E-state index in [-0.39, 0.29) is 23.8 Å². The Balaban J connectivity index is 1.57. The molecule has 3 aromatic rings. The molecule has 0 spiro atoms. The van der Waals surface area contributed by atoms with E-state index in [9.17, 15) is 13.6 Å². The van der Waals surface area contributed by atoms with Gasteiger partial charge in [0.2, 0.25) is 11.1 Å². The molecule has 10 heteroatoms. The molecule has 7 nitrogen and oxygen atoms in total. The standard InChI is InChI=1S/C23H27F2N5O2S/c1-13(2)17-7-5-14(3)9-20(17)32-11-21-28-29-23(30(21)26)33-12-22(31)27-15(4)18-8-6-16(24)10-19(18)25/h5-10,13,15H,11-12,26H2,1-4H3,(H,27,31). The normalized spacial score (nSPS) is 12.1. The minimum absolute atomic E-state index is 0.00127. The van der Waals surface area contributed by atoms with E-state index in [1.54, 1.807) is 6.92 Å². The Hall–Kier alpha value is -3.14. The summed E-state index contributed by atoms with van der Waals surface area (Å²) < 4.78 is 34.2. The Morgan fingerprint density at radius 1 is 1.15 bits per heavy atom. The molecular formula is C23H27F2N5O2S. The van der Waals surface area contributed by atoms with Crippen LogP contribution in [0.2, 0.25) is 0 Å². The molecule has 0 aliphatic heterocycles. The first-order valence-corrected chi connectivity index (χ1v) is 11.4. The summed E-state index contributed by atoms with van der Waals surface area (Å²) in [5, 5.41) is 11.1. The molecule has 0 saturated heterocycles. The number of carbonyl (C=O) groups is 1. The summed E-state index contributed by atoms with van der Waals surface area (Å²) in [7, 11) is 0. The van der Waals surface area contributed by atoms with Crippen molar-refractivity contribution >= 4 is 17.7 Å². The highest BCUT2D eigenvalue weighted by Crippen LogP contribution is 2.28. The number of ether oxygens (including phenoxy) is 1. The van der Waals surface area contributed by atoms with E-state index in [1.165, 1.54) is 10.7 Å². The SMILES string of the molecule is Cc1ccc(C(C)C)c(OCc2nnc(SCC(=O)NC(C)c3ccc(F)cc3F)n2N)c1. The van der Waals surface area contributed by atoms with Crippen LogP contribution in [-0.2, 0) is 11.4 Å². The Bertz CT molecular complexity index is 1140. The molecule has 0 fully saturated rings. The number of nitrogen functional groups attached to an aromatic ring is 1. The zero-order valence-electron chi connectivity index (χ0n) is 18.9. The van der Waals surface area contributed by atoms with Crippen LogP contribution in [-0.4, -0.2) is 26.5 Å². The lowest BCUT2D eigenvalue weighted by Crippen LogP contribution is -2.29. The number of nitrogens with one attached hydrogen (secondary N) is 1. The van der Waals surface area contributed by atoms with Crippen molar-refractivity contribution in [2.75, 3.05) is 11.6 Å². The van der Waals surface area contributed by atoms with Gasteiger partial charge in [-0.25, -0.2) is 13.5 Å². The van der Waals surface area contributed by atoms with Crippen LogP contribution < -0.4 is 15.9 Å². The number of nitrogens with two attached hydrogens (primary N) is 1. The molecule has 1 unspecified atom stereocenters. The fourth-order valence-electron chi connectivity index (χ4n) is 3.23. The third kappa shape index (κ3) is 6.22. The van der Waals surface area contributed by atoms with Crippen molar-refractivity contribution in [1.82, 2.24) is 20.2 Å². The van der Waals surface area contributed by atoms with Crippen molar-refractivity contribution in [3.63, 3.8) is 0 Å². The van der Waals surface area contributed by atoms with E-state index >= 15 is 0 Å². The van der Waals surface area contributed by atoms with E-state index in [1.807, 2.05) is 25.1 Å². The third-order valence-electron chi connectivity index (χ3n) is 5.02. The van der Waals surface area contributed by atoms with E-state index in [0.29, 0.717) is 16.9 Å². The quantitative estimate of drug-likeness (QED) is 0.355. The first-order valence-electron chi connectivity index (χ1n) is 10.5. The second kappa shape index (κ2) is 10.7. The smallest absolute Gasteiger partial charge is 0.230 e. The number of benzene rings is 2. The monoisotopic (exact) mass is 475 g/mol. The largest absolute Gasteiger partial charge is 0.485 e. The number of thioether (sulfide) groups is 1. The topological polar surface area (TPSA) is 95.1 Å². The number of hydrogen-bond acceptors (Lipinski definition) is 6. The van der Waals surface area contributed by atoms with Gasteiger partial charge in [-0.05, 0) is 43.0 Å². The zero-order chi connectivity index (χ0) is 24.1. The second-order valence-corrected chi connectivity index (χ2v) is 8.94. The molecule has 0 aliphatic rings. The van der Waals surface area contributed by atoms with Crippen molar-refractivity contribution in [3.8, 4) is 5.75 Å². The van der Waals surface area contributed by atoms with Crippen molar-refractivity contribution in [2.24, 2.45) is 0 Å². The molecule has 176 valence electrons. The Kier molecular flexibility index (Phi) is 7.91. The molecule has 1 heterocycles. The number of aromatic nitrogens is 3. The summed E-state index contributed by atoms with van der Waals surface area (Å²) in [6, 6.07) is 8.68. The highest BCUT2D eigenvalue weighted by molar-refractivity contribution is 7.99. The van der Waals surface area contributed by atoms with Crippen LogP contribution in [0.5, 0.6) is 5.75 Å². The molecule has 1 atom stereocenters. The minimum atomic E-state index is -0.712. The number of aryl methyl sites for hydroxylation is 1. The molecule has 2 aromatic carbocycles. The number of halogens is 2. The predicted molar refractivity (Wildman–Crippen MR) is 123 cm³/mol. The third-order valence-corrected chi connectivity index (χ3v) is 5.96. The maximum atomic E-state index is 13.9. The van der Waals surface area contributed by atoms with Gasteiger partial charge in [0.05, 0.1) is 11.8 Å². The van der Waals surface area contributed by atoms with Gasteiger partial charge in [0.25, 0.3) is 0 Å². The number of nitrogens with zero attached hydrogens (tertiary/aromatic N) is 3. The van der Waals surface area contributed by atoms with E-state index < -0.39 is 17.7 Å². The van der Waals surface area contributed by atoms with Crippen LogP contribution in [0.1, 0.15) is 55.2 Å². The molecule has 0 bridgehead atoms. The molecule has 0 saturated carbocycles. The maximum Gasteiger partial charge on any atom is 0.230 e. The Morgan fingerprint density at radius 2 is 1.88 bits per heavy atom. The lowest BCUT2D eigenvalue weighted by molar-refractivity contribution is -0.119. The van der Waals surface area contributed by atoms with Gasteiger partial charge in [-0.3, -0.25) is 4.79 Å². The van der Waals surface area contributed by atoms with Gasteiger partial charge in [0, 0.05) is 11.6 Å². The van der Waals surface area contributed by atoms with Gasteiger partial charge < -0.3 is 15.9 Å².